The second kappa shape index (κ2) is 9.12. The van der Waals surface area contributed by atoms with E-state index in [0.717, 1.165) is 6.07 Å². The van der Waals surface area contributed by atoms with Crippen LogP contribution in [0.4, 0.5) is 24.7 Å². The standard InChI is InChI=1S/C21H22F3N5O3S/c22-21(23,24)13-8-15(28-19-16(13)17(25)18(33-19)20(31)32)29-6-3-12(4-7-29)27-10-14(30)11-2-1-5-26-9-11/h1-2,5,8-9,12,14,27,30H,3-4,6-7,10,25H2,(H,31,32). The Bertz CT molecular complexity index is 1150. The molecule has 8 nitrogen and oxygen atoms in total. The average Bonchev–Trinajstić information content (AvgIpc) is 3.14. The van der Waals surface area contributed by atoms with Gasteiger partial charge in [0.15, 0.2) is 0 Å². The maximum Gasteiger partial charge on any atom is 0.417 e. The van der Waals surface area contributed by atoms with Crippen LogP contribution in [0.5, 0.6) is 0 Å². The van der Waals surface area contributed by atoms with Gasteiger partial charge in [-0.15, -0.1) is 11.3 Å². The molecule has 1 fully saturated rings. The molecule has 176 valence electrons. The monoisotopic (exact) mass is 481 g/mol. The van der Waals surface area contributed by atoms with Gasteiger partial charge >= 0.3 is 12.1 Å². The molecule has 12 heteroatoms. The Kier molecular flexibility index (Phi) is 6.41. The fraction of sp³-hybridized carbons (Fsp3) is 0.381. The number of aliphatic hydroxyl groups is 1. The van der Waals surface area contributed by atoms with E-state index in [2.05, 4.69) is 15.3 Å². The number of nitrogens with one attached hydrogen (secondary N) is 1. The average molecular weight is 482 g/mol. The Morgan fingerprint density at radius 3 is 2.70 bits per heavy atom. The number of carbonyl (C=O) groups is 1. The summed E-state index contributed by atoms with van der Waals surface area (Å²) in [7, 11) is 0. The van der Waals surface area contributed by atoms with Gasteiger partial charge < -0.3 is 26.2 Å². The number of fused-ring (bicyclic) bond motifs is 1. The largest absolute Gasteiger partial charge is 0.477 e. The first kappa shape index (κ1) is 23.2. The highest BCUT2D eigenvalue weighted by atomic mass is 32.1. The molecular formula is C21H22F3N5O3S. The van der Waals surface area contributed by atoms with Gasteiger partial charge in [-0.05, 0) is 25.0 Å². The Balaban J connectivity index is 1.48. The second-order valence-corrected chi connectivity index (χ2v) is 8.83. The highest BCUT2D eigenvalue weighted by molar-refractivity contribution is 7.21. The molecule has 0 aliphatic carbocycles. The highest BCUT2D eigenvalue weighted by Crippen LogP contribution is 2.43. The van der Waals surface area contributed by atoms with Crippen LogP contribution in [0.2, 0.25) is 0 Å². The van der Waals surface area contributed by atoms with Crippen LogP contribution in [0.3, 0.4) is 0 Å². The second-order valence-electron chi connectivity index (χ2n) is 7.83. The number of rotatable bonds is 6. The molecule has 1 aliphatic rings. The molecule has 3 aromatic rings. The van der Waals surface area contributed by atoms with Crippen molar-refractivity contribution in [3.05, 3.63) is 46.6 Å². The Morgan fingerprint density at radius 2 is 2.09 bits per heavy atom. The molecule has 0 bridgehead atoms. The predicted octanol–water partition coefficient (Wildman–Crippen LogP) is 3.28. The Labute approximate surface area is 190 Å². The van der Waals surface area contributed by atoms with Gasteiger partial charge in [-0.2, -0.15) is 13.2 Å². The summed E-state index contributed by atoms with van der Waals surface area (Å²) in [6.45, 7) is 1.26. The number of alkyl halides is 3. The summed E-state index contributed by atoms with van der Waals surface area (Å²) >= 11 is 0.643. The Morgan fingerprint density at radius 1 is 1.36 bits per heavy atom. The van der Waals surface area contributed by atoms with E-state index in [0.29, 0.717) is 49.4 Å². The lowest BCUT2D eigenvalue weighted by atomic mass is 10.0. The van der Waals surface area contributed by atoms with Crippen LogP contribution in [-0.2, 0) is 6.18 Å². The van der Waals surface area contributed by atoms with E-state index in [1.807, 2.05) is 0 Å². The van der Waals surface area contributed by atoms with E-state index < -0.39 is 29.5 Å². The van der Waals surface area contributed by atoms with Gasteiger partial charge in [0.1, 0.15) is 15.5 Å². The smallest absolute Gasteiger partial charge is 0.417 e. The lowest BCUT2D eigenvalue weighted by Crippen LogP contribution is -2.44. The molecule has 1 atom stereocenters. The molecule has 4 rings (SSSR count). The minimum Gasteiger partial charge on any atom is -0.477 e. The maximum absolute atomic E-state index is 13.8. The molecule has 4 heterocycles. The Hall–Kier alpha value is -2.96. The lowest BCUT2D eigenvalue weighted by Gasteiger charge is -2.34. The van der Waals surface area contributed by atoms with E-state index in [9.17, 15) is 28.2 Å². The molecule has 1 aliphatic heterocycles. The summed E-state index contributed by atoms with van der Waals surface area (Å²) in [4.78, 5) is 21.0. The minimum atomic E-state index is -4.71. The molecule has 1 unspecified atom stereocenters. The minimum absolute atomic E-state index is 0.0467. The lowest BCUT2D eigenvalue weighted by molar-refractivity contribution is -0.136. The number of hydrogen-bond acceptors (Lipinski definition) is 8. The highest BCUT2D eigenvalue weighted by Gasteiger charge is 2.37. The molecule has 0 saturated carbocycles. The van der Waals surface area contributed by atoms with Crippen LogP contribution in [0.15, 0.2) is 30.6 Å². The van der Waals surface area contributed by atoms with Gasteiger partial charge in [-0.25, -0.2) is 9.78 Å². The van der Waals surface area contributed by atoms with Crippen molar-refractivity contribution in [1.82, 2.24) is 15.3 Å². The van der Waals surface area contributed by atoms with Gasteiger partial charge in [0.2, 0.25) is 0 Å². The van der Waals surface area contributed by atoms with Crippen LogP contribution >= 0.6 is 11.3 Å². The van der Waals surface area contributed by atoms with Gasteiger partial charge in [0.25, 0.3) is 0 Å². The zero-order valence-electron chi connectivity index (χ0n) is 17.3. The van der Waals surface area contributed by atoms with Gasteiger partial charge in [0, 0.05) is 49.0 Å². The van der Waals surface area contributed by atoms with Crippen LogP contribution in [-0.4, -0.2) is 51.8 Å². The first-order valence-corrected chi connectivity index (χ1v) is 11.1. The van der Waals surface area contributed by atoms with Gasteiger partial charge in [-0.3, -0.25) is 4.98 Å². The molecule has 0 aromatic carbocycles. The number of anilines is 2. The summed E-state index contributed by atoms with van der Waals surface area (Å²) in [5.41, 5.74) is 5.04. The zero-order chi connectivity index (χ0) is 23.8. The number of hydrogen-bond donors (Lipinski definition) is 4. The quantitative estimate of drug-likeness (QED) is 0.423. The summed E-state index contributed by atoms with van der Waals surface area (Å²) in [5, 5.41) is 22.5. The van der Waals surface area contributed by atoms with Crippen molar-refractivity contribution in [3.8, 4) is 0 Å². The predicted molar refractivity (Wildman–Crippen MR) is 118 cm³/mol. The van der Waals surface area contributed by atoms with Gasteiger partial charge in [0.05, 0.1) is 17.4 Å². The third-order valence-corrected chi connectivity index (χ3v) is 6.76. The number of nitrogen functional groups attached to an aromatic ring is 1. The summed E-state index contributed by atoms with van der Waals surface area (Å²) in [6, 6.07) is 4.57. The molecular weight excluding hydrogens is 459 g/mol. The summed E-state index contributed by atoms with van der Waals surface area (Å²) in [5.74, 6) is -1.24. The molecule has 0 spiro atoms. The number of nitrogens with zero attached hydrogens (tertiary/aromatic N) is 3. The number of piperidine rings is 1. The molecule has 1 saturated heterocycles. The van der Waals surface area contributed by atoms with Gasteiger partial charge in [-0.1, -0.05) is 6.07 Å². The number of aromatic nitrogens is 2. The number of carboxylic acids is 1. The molecule has 0 amide bonds. The number of pyridine rings is 2. The third-order valence-electron chi connectivity index (χ3n) is 5.67. The van der Waals surface area contributed by atoms with Crippen molar-refractivity contribution in [1.29, 1.82) is 0 Å². The van der Waals surface area contributed by atoms with Crippen molar-refractivity contribution in [2.24, 2.45) is 0 Å². The van der Waals surface area contributed by atoms with Crippen molar-refractivity contribution in [2.75, 3.05) is 30.3 Å². The number of nitrogens with two attached hydrogens (primary N) is 1. The number of aromatic carboxylic acids is 1. The van der Waals surface area contributed by atoms with Crippen LogP contribution in [0.25, 0.3) is 10.2 Å². The van der Waals surface area contributed by atoms with E-state index in [-0.39, 0.29) is 27.0 Å². The van der Waals surface area contributed by atoms with E-state index in [1.54, 1.807) is 29.4 Å². The fourth-order valence-corrected chi connectivity index (χ4v) is 4.89. The van der Waals surface area contributed by atoms with Crippen molar-refractivity contribution in [2.45, 2.75) is 31.2 Å². The number of aliphatic hydroxyl groups excluding tert-OH is 1. The van der Waals surface area contributed by atoms with E-state index >= 15 is 0 Å². The first-order chi connectivity index (χ1) is 15.6. The van der Waals surface area contributed by atoms with Crippen LogP contribution in [0.1, 0.15) is 39.7 Å². The van der Waals surface area contributed by atoms with Crippen molar-refractivity contribution >= 4 is 39.0 Å². The van der Waals surface area contributed by atoms with Crippen LogP contribution in [0, 0.1) is 0 Å². The van der Waals surface area contributed by atoms with E-state index in [1.165, 1.54) is 0 Å². The zero-order valence-corrected chi connectivity index (χ0v) is 18.2. The normalized spacial score (nSPS) is 16.3. The first-order valence-electron chi connectivity index (χ1n) is 10.2. The number of thiophene rings is 1. The third kappa shape index (κ3) is 4.87. The molecule has 3 aromatic heterocycles. The number of halogens is 3. The topological polar surface area (TPSA) is 125 Å². The fourth-order valence-electron chi connectivity index (χ4n) is 3.93. The molecule has 33 heavy (non-hydrogen) atoms. The number of carboxylic acid groups (broad SMARTS) is 1. The summed E-state index contributed by atoms with van der Waals surface area (Å²) < 4.78 is 41.3. The summed E-state index contributed by atoms with van der Waals surface area (Å²) in [6.07, 6.45) is -0.891. The van der Waals surface area contributed by atoms with E-state index in [4.69, 9.17) is 5.73 Å². The van der Waals surface area contributed by atoms with Crippen LogP contribution < -0.4 is 16.0 Å². The van der Waals surface area contributed by atoms with Crippen molar-refractivity contribution in [3.63, 3.8) is 0 Å². The van der Waals surface area contributed by atoms with Crippen molar-refractivity contribution < 1.29 is 28.2 Å². The molecule has 5 N–H and O–H groups in total. The molecule has 0 radical (unpaired) electrons. The SMILES string of the molecule is Nc1c(C(=O)O)sc2nc(N3CCC(NCC(O)c4cccnc4)CC3)cc(C(F)(F)F)c12. The maximum atomic E-state index is 13.8.